The summed E-state index contributed by atoms with van der Waals surface area (Å²) in [7, 11) is -2.07. The van der Waals surface area contributed by atoms with E-state index in [4.69, 9.17) is 33.9 Å². The van der Waals surface area contributed by atoms with E-state index >= 15 is 0 Å². The average molecular weight is 744 g/mol. The van der Waals surface area contributed by atoms with Crippen LogP contribution in [-0.2, 0) is 14.0 Å². The minimum absolute atomic E-state index is 0.568. The molecule has 1 atom stereocenters. The molecule has 1 N–H and O–H groups in total. The number of fused-ring (bicyclic) bond motifs is 1. The molecule has 0 aliphatic carbocycles. The Morgan fingerprint density at radius 2 is 1.09 bits per heavy atom. The Balaban J connectivity index is 0.968. The van der Waals surface area contributed by atoms with Gasteiger partial charge in [-0.05, 0) is 49.4 Å². The highest BCUT2D eigenvalue weighted by Crippen LogP contribution is 2.39. The first-order valence-corrected chi connectivity index (χ1v) is 19.0. The zero-order valence-corrected chi connectivity index (χ0v) is 31.8. The summed E-state index contributed by atoms with van der Waals surface area (Å²) in [6.07, 6.45) is 0. The Hall–Kier alpha value is -6.29. The second kappa shape index (κ2) is 15.0. The molecule has 0 spiro atoms. The summed E-state index contributed by atoms with van der Waals surface area (Å²) in [5, 5.41) is 12.4. The molecule has 0 saturated carbocycles. The largest absolute Gasteiger partial charge is 0.496 e. The highest BCUT2D eigenvalue weighted by atomic mass is 16.8. The number of hydrogen-bond donors (Lipinski definition) is 1. The molecule has 57 heavy (non-hydrogen) atoms. The van der Waals surface area contributed by atoms with Gasteiger partial charge >= 0.3 is 14.2 Å². The van der Waals surface area contributed by atoms with Crippen LogP contribution in [0.3, 0.4) is 0 Å². The molecule has 0 amide bonds. The zero-order valence-electron chi connectivity index (χ0n) is 31.8. The van der Waals surface area contributed by atoms with Gasteiger partial charge in [0.2, 0.25) is 0 Å². The second-order valence-corrected chi connectivity index (χ2v) is 14.7. The summed E-state index contributed by atoms with van der Waals surface area (Å²) >= 11 is 0. The topological polar surface area (TPSA) is 99.5 Å². The van der Waals surface area contributed by atoms with Gasteiger partial charge in [0, 0.05) is 27.6 Å². The van der Waals surface area contributed by atoms with Crippen LogP contribution >= 0.6 is 0 Å². The van der Waals surface area contributed by atoms with Gasteiger partial charge in [0.15, 0.2) is 17.4 Å². The molecule has 3 heterocycles. The lowest BCUT2D eigenvalue weighted by atomic mass is 9.77. The number of hydrogen-bond acceptors (Lipinski definition) is 8. The molecule has 1 saturated heterocycles. The highest BCUT2D eigenvalue weighted by molar-refractivity contribution is 6.63. The Morgan fingerprint density at radius 3 is 1.75 bits per heavy atom. The first-order valence-electron chi connectivity index (χ1n) is 19.0. The summed E-state index contributed by atoms with van der Waals surface area (Å²) in [5.41, 5.74) is 8.33. The quantitative estimate of drug-likeness (QED) is 0.147. The first-order chi connectivity index (χ1) is 27.7. The van der Waals surface area contributed by atoms with E-state index < -0.39 is 25.6 Å². The fourth-order valence-corrected chi connectivity index (χ4v) is 7.06. The molecule has 1 fully saturated rings. The third kappa shape index (κ3) is 7.28. The van der Waals surface area contributed by atoms with Gasteiger partial charge in [-0.25, -0.2) is 19.9 Å². The van der Waals surface area contributed by atoms with Crippen LogP contribution in [0, 0.1) is 0 Å². The van der Waals surface area contributed by atoms with Crippen molar-refractivity contribution in [2.24, 2.45) is 0 Å². The van der Waals surface area contributed by atoms with E-state index in [1.807, 2.05) is 184 Å². The van der Waals surface area contributed by atoms with Crippen molar-refractivity contribution in [2.45, 2.75) is 32.2 Å². The van der Waals surface area contributed by atoms with Gasteiger partial charge in [0.25, 0.3) is 0 Å². The molecule has 1 unspecified atom stereocenters. The maximum Gasteiger partial charge on any atom is 0.496 e. The van der Waals surface area contributed by atoms with Crippen molar-refractivity contribution >= 4 is 36.1 Å². The monoisotopic (exact) mass is 744 g/mol. The van der Waals surface area contributed by atoms with Gasteiger partial charge in [0.1, 0.15) is 0 Å². The lowest BCUT2D eigenvalue weighted by Crippen LogP contribution is -2.53. The normalized spacial score (nSPS) is 16.2. The number of nitrogens with zero attached hydrogens (tertiary/aromatic N) is 4. The molecule has 8 aromatic rings. The number of rotatable bonds is 9. The van der Waals surface area contributed by atoms with Crippen molar-refractivity contribution < 1.29 is 19.0 Å². The van der Waals surface area contributed by atoms with Gasteiger partial charge in [-0.2, -0.15) is 0 Å². The molecule has 0 radical (unpaired) electrons. The standard InChI is InChI=1S/C47H38B2N4O4/c1-46(2)47(3,56-48(54)37-28-26-33(27-29-37)43-39-24-13-14-25-40(39)50-45(53-43)35-20-11-6-12-21-35)57-49(55-46)38-23-15-22-36(30-38)42-31-41(32-16-7-4-8-17-32)51-44(52-42)34-18-9-5-10-19-34/h4-31,54H,1-3H3. The van der Waals surface area contributed by atoms with E-state index in [1.54, 1.807) is 6.92 Å². The van der Waals surface area contributed by atoms with Crippen LogP contribution in [0.25, 0.3) is 67.5 Å². The predicted octanol–water partition coefficient (Wildman–Crippen LogP) is 8.40. The Bertz CT molecular complexity index is 2630. The van der Waals surface area contributed by atoms with Crippen LogP contribution in [0.5, 0.6) is 0 Å². The zero-order chi connectivity index (χ0) is 39.0. The fraction of sp³-hybridized carbons (Fsp3) is 0.106. The molecule has 10 heteroatoms. The van der Waals surface area contributed by atoms with Crippen molar-refractivity contribution in [3.05, 3.63) is 170 Å². The predicted molar refractivity (Wildman–Crippen MR) is 227 cm³/mol. The number of aromatic nitrogens is 4. The van der Waals surface area contributed by atoms with Crippen molar-refractivity contribution in [2.75, 3.05) is 0 Å². The van der Waals surface area contributed by atoms with Gasteiger partial charge in [-0.15, -0.1) is 0 Å². The van der Waals surface area contributed by atoms with Crippen molar-refractivity contribution in [1.82, 2.24) is 19.9 Å². The maximum atomic E-state index is 11.5. The van der Waals surface area contributed by atoms with Gasteiger partial charge in [0.05, 0.1) is 28.2 Å². The molecule has 8 nitrogen and oxygen atoms in total. The minimum atomic E-state index is -1.31. The minimum Gasteiger partial charge on any atom is -0.423 e. The van der Waals surface area contributed by atoms with E-state index in [9.17, 15) is 5.02 Å². The number of benzene rings is 6. The SMILES string of the molecule is CC1(C)OB(c2cccc(-c3cc(-c4ccccc4)nc(-c4ccccc4)n3)c2)OC1(C)OB(O)c1ccc(-c2nc(-c3ccccc3)nc3ccccc23)cc1. The summed E-state index contributed by atoms with van der Waals surface area (Å²) < 4.78 is 19.4. The summed E-state index contributed by atoms with van der Waals surface area (Å²) in [6.45, 7) is 5.61. The second-order valence-electron chi connectivity index (χ2n) is 14.7. The Morgan fingerprint density at radius 1 is 0.526 bits per heavy atom. The molecule has 2 aromatic heterocycles. The molecule has 9 rings (SSSR count). The number of para-hydroxylation sites is 1. The van der Waals surface area contributed by atoms with Crippen molar-refractivity contribution in [3.63, 3.8) is 0 Å². The van der Waals surface area contributed by atoms with Crippen molar-refractivity contribution in [3.8, 4) is 56.5 Å². The lowest BCUT2D eigenvalue weighted by molar-refractivity contribution is -0.164. The van der Waals surface area contributed by atoms with Crippen LogP contribution in [0.4, 0.5) is 0 Å². The van der Waals surface area contributed by atoms with E-state index in [2.05, 4.69) is 0 Å². The third-order valence-electron chi connectivity index (χ3n) is 10.6. The molecule has 6 aromatic carbocycles. The van der Waals surface area contributed by atoms with E-state index in [-0.39, 0.29) is 0 Å². The molecule has 0 bridgehead atoms. The third-order valence-corrected chi connectivity index (χ3v) is 10.6. The Labute approximate surface area is 332 Å². The molecule has 1 aliphatic rings. The highest BCUT2D eigenvalue weighted by Gasteiger charge is 2.57. The van der Waals surface area contributed by atoms with Crippen LogP contribution in [0.2, 0.25) is 0 Å². The summed E-state index contributed by atoms with van der Waals surface area (Å²) in [5.74, 6) is -0.0248. The van der Waals surface area contributed by atoms with Crippen LogP contribution < -0.4 is 10.9 Å². The van der Waals surface area contributed by atoms with Crippen LogP contribution in [0.1, 0.15) is 20.8 Å². The van der Waals surface area contributed by atoms with Crippen LogP contribution in [0.15, 0.2) is 170 Å². The first kappa shape index (κ1) is 36.4. The van der Waals surface area contributed by atoms with Gasteiger partial charge < -0.3 is 19.0 Å². The van der Waals surface area contributed by atoms with E-state index in [1.165, 1.54) is 0 Å². The van der Waals surface area contributed by atoms with Crippen LogP contribution in [-0.4, -0.2) is 50.6 Å². The molecule has 276 valence electrons. The molecular weight excluding hydrogens is 706 g/mol. The van der Waals surface area contributed by atoms with Gasteiger partial charge in [-0.3, -0.25) is 0 Å². The molecule has 1 aliphatic heterocycles. The lowest BCUT2D eigenvalue weighted by Gasteiger charge is -2.37. The Kier molecular flexibility index (Phi) is 9.56. The van der Waals surface area contributed by atoms with Gasteiger partial charge in [-0.1, -0.05) is 158 Å². The van der Waals surface area contributed by atoms with Crippen molar-refractivity contribution in [1.29, 1.82) is 0 Å². The fourth-order valence-electron chi connectivity index (χ4n) is 7.06. The summed E-state index contributed by atoms with van der Waals surface area (Å²) in [4.78, 5) is 19.7. The average Bonchev–Trinajstić information content (AvgIpc) is 3.51. The smallest absolute Gasteiger partial charge is 0.423 e. The molecular formula is C47H38B2N4O4. The maximum absolute atomic E-state index is 11.5. The van der Waals surface area contributed by atoms with E-state index in [0.717, 1.165) is 61.3 Å². The van der Waals surface area contributed by atoms with E-state index in [0.29, 0.717) is 17.1 Å². The summed E-state index contributed by atoms with van der Waals surface area (Å²) in [6, 6.07) is 55.5.